The van der Waals surface area contributed by atoms with Crippen molar-refractivity contribution in [1.82, 2.24) is 19.7 Å². The average molecular weight is 277 g/mol. The fraction of sp³-hybridized carbons (Fsp3) is 0.333. The predicted molar refractivity (Wildman–Crippen MR) is 71.8 cm³/mol. The number of anilines is 1. The first-order valence-corrected chi connectivity index (χ1v) is 5.97. The maximum absolute atomic E-state index is 11.6. The number of rotatable bonds is 3. The number of nitrogens with one attached hydrogen (secondary N) is 1. The number of ether oxygens (including phenoxy) is 1. The van der Waals surface area contributed by atoms with Gasteiger partial charge in [-0.05, 0) is 0 Å². The minimum absolute atomic E-state index is 0.0133. The molecule has 0 amide bonds. The minimum Gasteiger partial charge on any atom is -0.464 e. The number of nitrogens with two attached hydrogens (primary N) is 1. The molecule has 2 aromatic heterocycles. The molecule has 0 saturated carbocycles. The van der Waals surface area contributed by atoms with Crippen LogP contribution in [-0.4, -0.2) is 32.8 Å². The zero-order valence-corrected chi connectivity index (χ0v) is 11.4. The molecule has 20 heavy (non-hydrogen) atoms. The lowest BCUT2D eigenvalue weighted by atomic mass is 10.2. The first kappa shape index (κ1) is 13.8. The van der Waals surface area contributed by atoms with Crippen molar-refractivity contribution in [2.24, 2.45) is 0 Å². The SMILES string of the molecule is COC(=O)c1nn(-c2cc(=O)[nH]c(C(C)C)n2)cc1N. The Bertz CT molecular complexity index is 701. The second-order valence-corrected chi connectivity index (χ2v) is 4.51. The Morgan fingerprint density at radius 1 is 1.50 bits per heavy atom. The van der Waals surface area contributed by atoms with Gasteiger partial charge in [-0.25, -0.2) is 14.5 Å². The van der Waals surface area contributed by atoms with E-state index in [4.69, 9.17) is 5.73 Å². The highest BCUT2D eigenvalue weighted by Crippen LogP contribution is 2.14. The van der Waals surface area contributed by atoms with Crippen LogP contribution in [0.15, 0.2) is 17.1 Å². The second kappa shape index (κ2) is 5.16. The van der Waals surface area contributed by atoms with E-state index in [1.54, 1.807) is 0 Å². The normalized spacial score (nSPS) is 10.8. The molecule has 0 saturated heterocycles. The fourth-order valence-electron chi connectivity index (χ4n) is 1.61. The monoisotopic (exact) mass is 277 g/mol. The van der Waals surface area contributed by atoms with Crippen LogP contribution in [-0.2, 0) is 4.74 Å². The summed E-state index contributed by atoms with van der Waals surface area (Å²) in [5, 5.41) is 3.99. The largest absolute Gasteiger partial charge is 0.464 e. The Kier molecular flexibility index (Phi) is 3.55. The molecule has 0 fully saturated rings. The summed E-state index contributed by atoms with van der Waals surface area (Å²) in [5.41, 5.74) is 5.54. The molecule has 0 atom stereocenters. The number of aromatic nitrogens is 4. The van der Waals surface area contributed by atoms with Crippen LogP contribution in [0.5, 0.6) is 0 Å². The van der Waals surface area contributed by atoms with Crippen LogP contribution in [0.1, 0.15) is 36.1 Å². The molecule has 106 valence electrons. The second-order valence-electron chi connectivity index (χ2n) is 4.51. The number of H-pyrrole nitrogens is 1. The maximum Gasteiger partial charge on any atom is 0.360 e. The van der Waals surface area contributed by atoms with E-state index in [-0.39, 0.29) is 22.9 Å². The molecule has 0 aromatic carbocycles. The Hall–Kier alpha value is -2.64. The van der Waals surface area contributed by atoms with E-state index in [0.717, 1.165) is 0 Å². The number of carbonyl (C=O) groups is 1. The number of carbonyl (C=O) groups excluding carboxylic acids is 1. The molecule has 3 N–H and O–H groups in total. The summed E-state index contributed by atoms with van der Waals surface area (Å²) in [7, 11) is 1.24. The number of nitrogens with zero attached hydrogens (tertiary/aromatic N) is 3. The summed E-state index contributed by atoms with van der Waals surface area (Å²) in [5.74, 6) is 0.228. The third-order valence-corrected chi connectivity index (χ3v) is 2.65. The van der Waals surface area contributed by atoms with Gasteiger partial charge in [-0.1, -0.05) is 13.8 Å². The molecule has 2 rings (SSSR count). The molecule has 2 aromatic rings. The summed E-state index contributed by atoms with van der Waals surface area (Å²) in [4.78, 5) is 30.0. The molecular weight excluding hydrogens is 262 g/mol. The number of nitrogen functional groups attached to an aromatic ring is 1. The number of methoxy groups -OCH3 is 1. The number of hydrogen-bond donors (Lipinski definition) is 2. The van der Waals surface area contributed by atoms with Crippen molar-refractivity contribution in [3.63, 3.8) is 0 Å². The van der Waals surface area contributed by atoms with Crippen LogP contribution >= 0.6 is 0 Å². The van der Waals surface area contributed by atoms with Gasteiger partial charge in [-0.3, -0.25) is 4.79 Å². The third kappa shape index (κ3) is 2.53. The van der Waals surface area contributed by atoms with Crippen molar-refractivity contribution in [2.75, 3.05) is 12.8 Å². The van der Waals surface area contributed by atoms with Crippen molar-refractivity contribution in [2.45, 2.75) is 19.8 Å². The van der Waals surface area contributed by atoms with Crippen molar-refractivity contribution in [3.8, 4) is 5.82 Å². The van der Waals surface area contributed by atoms with Crippen molar-refractivity contribution < 1.29 is 9.53 Å². The molecule has 8 nitrogen and oxygen atoms in total. The molecule has 0 radical (unpaired) electrons. The molecular formula is C12H15N5O3. The molecule has 2 heterocycles. The van der Waals surface area contributed by atoms with Gasteiger partial charge in [0.2, 0.25) is 0 Å². The van der Waals surface area contributed by atoms with Gasteiger partial charge in [0.15, 0.2) is 11.5 Å². The molecule has 0 bridgehead atoms. The molecule has 0 spiro atoms. The summed E-state index contributed by atoms with van der Waals surface area (Å²) in [6.45, 7) is 3.80. The summed E-state index contributed by atoms with van der Waals surface area (Å²) < 4.78 is 5.85. The van der Waals surface area contributed by atoms with Gasteiger partial charge in [0.1, 0.15) is 5.82 Å². The van der Waals surface area contributed by atoms with Gasteiger partial charge >= 0.3 is 5.97 Å². The van der Waals surface area contributed by atoms with Crippen LogP contribution in [0, 0.1) is 0 Å². The molecule has 0 unspecified atom stereocenters. The van der Waals surface area contributed by atoms with Crippen LogP contribution in [0.3, 0.4) is 0 Å². The van der Waals surface area contributed by atoms with E-state index in [9.17, 15) is 9.59 Å². The van der Waals surface area contributed by atoms with Crippen LogP contribution in [0.2, 0.25) is 0 Å². The summed E-state index contributed by atoms with van der Waals surface area (Å²) in [6.07, 6.45) is 1.41. The van der Waals surface area contributed by atoms with Crippen LogP contribution in [0.25, 0.3) is 5.82 Å². The number of esters is 1. The Morgan fingerprint density at radius 3 is 2.80 bits per heavy atom. The molecule has 0 aliphatic heterocycles. The minimum atomic E-state index is -0.643. The highest BCUT2D eigenvalue weighted by molar-refractivity contribution is 5.92. The lowest BCUT2D eigenvalue weighted by Gasteiger charge is -2.06. The zero-order chi connectivity index (χ0) is 14.9. The average Bonchev–Trinajstić information content (AvgIpc) is 2.79. The Labute approximate surface area is 114 Å². The lowest BCUT2D eigenvalue weighted by molar-refractivity contribution is 0.0594. The third-order valence-electron chi connectivity index (χ3n) is 2.65. The molecule has 0 aliphatic carbocycles. The smallest absolute Gasteiger partial charge is 0.360 e. The van der Waals surface area contributed by atoms with Crippen LogP contribution < -0.4 is 11.3 Å². The van der Waals surface area contributed by atoms with E-state index >= 15 is 0 Å². The van der Waals surface area contributed by atoms with Gasteiger partial charge in [0, 0.05) is 12.0 Å². The Balaban J connectivity index is 2.52. The van der Waals surface area contributed by atoms with Crippen LogP contribution in [0.4, 0.5) is 5.69 Å². The maximum atomic E-state index is 11.6. The van der Waals surface area contributed by atoms with E-state index < -0.39 is 5.97 Å². The summed E-state index contributed by atoms with van der Waals surface area (Å²) in [6, 6.07) is 1.28. The highest BCUT2D eigenvalue weighted by atomic mass is 16.5. The first-order chi connectivity index (χ1) is 9.42. The number of hydrogen-bond acceptors (Lipinski definition) is 6. The Morgan fingerprint density at radius 2 is 2.20 bits per heavy atom. The van der Waals surface area contributed by atoms with Gasteiger partial charge < -0.3 is 15.5 Å². The highest BCUT2D eigenvalue weighted by Gasteiger charge is 2.17. The van der Waals surface area contributed by atoms with E-state index in [1.807, 2.05) is 13.8 Å². The van der Waals surface area contributed by atoms with Gasteiger partial charge in [-0.15, -0.1) is 0 Å². The topological polar surface area (TPSA) is 116 Å². The van der Waals surface area contributed by atoms with Crippen molar-refractivity contribution in [1.29, 1.82) is 0 Å². The summed E-state index contributed by atoms with van der Waals surface area (Å²) >= 11 is 0. The zero-order valence-electron chi connectivity index (χ0n) is 11.4. The van der Waals surface area contributed by atoms with Gasteiger partial charge in [0.05, 0.1) is 19.0 Å². The molecule has 8 heteroatoms. The fourth-order valence-corrected chi connectivity index (χ4v) is 1.61. The van der Waals surface area contributed by atoms with E-state index in [1.165, 1.54) is 24.1 Å². The predicted octanol–water partition coefficient (Wildman–Crippen LogP) is 0.448. The van der Waals surface area contributed by atoms with E-state index in [2.05, 4.69) is 19.8 Å². The van der Waals surface area contributed by atoms with Crippen molar-refractivity contribution >= 4 is 11.7 Å². The standard InChI is InChI=1S/C12H15N5O3/c1-6(2)11-14-8(4-9(18)15-11)17-5-7(13)10(16-17)12(19)20-3/h4-6H,13H2,1-3H3,(H,14,15,18). The van der Waals surface area contributed by atoms with E-state index in [0.29, 0.717) is 11.6 Å². The lowest BCUT2D eigenvalue weighted by Crippen LogP contribution is -2.15. The van der Waals surface area contributed by atoms with Gasteiger partial charge in [-0.2, -0.15) is 5.10 Å². The van der Waals surface area contributed by atoms with Crippen molar-refractivity contribution in [3.05, 3.63) is 34.1 Å². The molecule has 0 aliphatic rings. The quantitative estimate of drug-likeness (QED) is 0.787. The number of aromatic amines is 1. The first-order valence-electron chi connectivity index (χ1n) is 5.97. The van der Waals surface area contributed by atoms with Gasteiger partial charge in [0.25, 0.3) is 5.56 Å².